The molecule has 1 aromatic carbocycles. The predicted molar refractivity (Wildman–Crippen MR) is 75.2 cm³/mol. The van der Waals surface area contributed by atoms with E-state index in [1.807, 2.05) is 22.9 Å². The molecule has 1 atom stereocenters. The minimum absolute atomic E-state index is 0.428. The van der Waals surface area contributed by atoms with Crippen LogP contribution < -0.4 is 5.32 Å². The van der Waals surface area contributed by atoms with E-state index in [-0.39, 0.29) is 0 Å². The number of furan rings is 1. The monoisotopic (exact) mass is 268 g/mol. The number of para-hydroxylation sites is 1. The second-order valence-corrected chi connectivity index (χ2v) is 5.23. The fourth-order valence-corrected chi connectivity index (χ4v) is 2.77. The van der Waals surface area contributed by atoms with Crippen molar-refractivity contribution in [3.63, 3.8) is 0 Å². The van der Waals surface area contributed by atoms with Crippen LogP contribution in [0.1, 0.15) is 18.0 Å². The summed E-state index contributed by atoms with van der Waals surface area (Å²) in [6.45, 7) is 1.64. The molecule has 3 aromatic rings. The maximum absolute atomic E-state index is 5.82. The summed E-state index contributed by atoms with van der Waals surface area (Å²) in [7, 11) is 0. The molecule has 0 radical (unpaired) electrons. The Morgan fingerprint density at radius 3 is 3.25 bits per heavy atom. The molecule has 5 heteroatoms. The second kappa shape index (κ2) is 4.76. The van der Waals surface area contributed by atoms with Crippen LogP contribution in [0.4, 0.5) is 0 Å². The summed E-state index contributed by atoms with van der Waals surface area (Å²) < 4.78 is 7.80. The third-order valence-electron chi connectivity index (χ3n) is 3.85. The number of benzene rings is 1. The number of nitrogens with zero attached hydrogens (tertiary/aromatic N) is 3. The Bertz CT molecular complexity index is 697. The molecule has 1 aliphatic heterocycles. The van der Waals surface area contributed by atoms with Crippen LogP contribution in [-0.4, -0.2) is 20.8 Å². The van der Waals surface area contributed by atoms with Gasteiger partial charge in [-0.25, -0.2) is 9.67 Å². The summed E-state index contributed by atoms with van der Waals surface area (Å²) in [5, 5.41) is 8.94. The van der Waals surface area contributed by atoms with Crippen molar-refractivity contribution in [1.82, 2.24) is 20.1 Å². The summed E-state index contributed by atoms with van der Waals surface area (Å²) in [4.78, 5) is 4.24. The molecule has 0 saturated heterocycles. The van der Waals surface area contributed by atoms with E-state index in [4.69, 9.17) is 4.42 Å². The van der Waals surface area contributed by atoms with Crippen LogP contribution in [0.3, 0.4) is 0 Å². The molecule has 5 nitrogen and oxygen atoms in total. The molecular formula is C15H16N4O. The van der Waals surface area contributed by atoms with Crippen molar-refractivity contribution in [2.45, 2.75) is 32.0 Å². The lowest BCUT2D eigenvalue weighted by molar-refractivity contribution is 0.347. The highest BCUT2D eigenvalue weighted by Crippen LogP contribution is 2.19. The molecule has 0 spiro atoms. The molecule has 2 aromatic heterocycles. The van der Waals surface area contributed by atoms with E-state index in [0.717, 1.165) is 48.5 Å². The van der Waals surface area contributed by atoms with E-state index < -0.39 is 0 Å². The van der Waals surface area contributed by atoms with Gasteiger partial charge in [0.25, 0.3) is 0 Å². The minimum atomic E-state index is 0.428. The van der Waals surface area contributed by atoms with Gasteiger partial charge >= 0.3 is 0 Å². The molecule has 1 N–H and O–H groups in total. The summed E-state index contributed by atoms with van der Waals surface area (Å²) in [6, 6.07) is 10.6. The Morgan fingerprint density at radius 2 is 2.30 bits per heavy atom. The van der Waals surface area contributed by atoms with E-state index in [1.54, 1.807) is 6.33 Å². The van der Waals surface area contributed by atoms with Gasteiger partial charge < -0.3 is 9.73 Å². The van der Waals surface area contributed by atoms with Crippen molar-refractivity contribution in [2.24, 2.45) is 0 Å². The highest BCUT2D eigenvalue weighted by Gasteiger charge is 2.19. The Balaban J connectivity index is 1.43. The van der Waals surface area contributed by atoms with Gasteiger partial charge in [-0.2, -0.15) is 5.10 Å². The Hall–Kier alpha value is -2.14. The SMILES string of the molecule is c1ccc2oc(CNC3CCc4ncnn4C3)cc2c1. The lowest BCUT2D eigenvalue weighted by atomic mass is 10.1. The molecule has 0 amide bonds. The third-order valence-corrected chi connectivity index (χ3v) is 3.85. The molecule has 102 valence electrons. The van der Waals surface area contributed by atoms with Gasteiger partial charge in [0.05, 0.1) is 13.1 Å². The van der Waals surface area contributed by atoms with Crippen molar-refractivity contribution in [3.05, 3.63) is 48.2 Å². The van der Waals surface area contributed by atoms with Crippen molar-refractivity contribution >= 4 is 11.0 Å². The van der Waals surface area contributed by atoms with Gasteiger partial charge in [0, 0.05) is 17.8 Å². The minimum Gasteiger partial charge on any atom is -0.460 e. The van der Waals surface area contributed by atoms with Crippen LogP contribution in [-0.2, 0) is 19.5 Å². The largest absolute Gasteiger partial charge is 0.460 e. The highest BCUT2D eigenvalue weighted by atomic mass is 16.3. The van der Waals surface area contributed by atoms with Crippen molar-refractivity contribution in [1.29, 1.82) is 0 Å². The van der Waals surface area contributed by atoms with Gasteiger partial charge in [-0.05, 0) is 18.6 Å². The average molecular weight is 268 g/mol. The summed E-state index contributed by atoms with van der Waals surface area (Å²) in [5.74, 6) is 2.07. The maximum atomic E-state index is 5.82. The van der Waals surface area contributed by atoms with Crippen LogP contribution in [0, 0.1) is 0 Å². The highest BCUT2D eigenvalue weighted by molar-refractivity contribution is 5.77. The van der Waals surface area contributed by atoms with Gasteiger partial charge in [-0.3, -0.25) is 0 Å². The normalized spacial score (nSPS) is 18.3. The number of rotatable bonds is 3. The van der Waals surface area contributed by atoms with Gasteiger partial charge in [-0.15, -0.1) is 0 Å². The third kappa shape index (κ3) is 2.10. The van der Waals surface area contributed by atoms with E-state index in [0.29, 0.717) is 6.04 Å². The fraction of sp³-hybridized carbons (Fsp3) is 0.333. The summed E-state index contributed by atoms with van der Waals surface area (Å²) in [6.07, 6.45) is 3.72. The molecule has 1 unspecified atom stereocenters. The first kappa shape index (κ1) is 11.7. The van der Waals surface area contributed by atoms with Crippen molar-refractivity contribution in [3.8, 4) is 0 Å². The molecular weight excluding hydrogens is 252 g/mol. The van der Waals surface area contributed by atoms with Gasteiger partial charge in [0.15, 0.2) is 0 Å². The molecule has 1 aliphatic rings. The first-order valence-electron chi connectivity index (χ1n) is 6.96. The van der Waals surface area contributed by atoms with Crippen LogP contribution in [0.25, 0.3) is 11.0 Å². The summed E-state index contributed by atoms with van der Waals surface area (Å²) in [5.41, 5.74) is 0.950. The topological polar surface area (TPSA) is 55.9 Å². The zero-order valence-corrected chi connectivity index (χ0v) is 11.1. The number of hydrogen-bond acceptors (Lipinski definition) is 4. The fourth-order valence-electron chi connectivity index (χ4n) is 2.77. The Kier molecular flexibility index (Phi) is 2.77. The Labute approximate surface area is 116 Å². The van der Waals surface area contributed by atoms with Crippen molar-refractivity contribution in [2.75, 3.05) is 0 Å². The maximum Gasteiger partial charge on any atom is 0.138 e. The lowest BCUT2D eigenvalue weighted by Gasteiger charge is -2.23. The van der Waals surface area contributed by atoms with E-state index in [2.05, 4.69) is 27.5 Å². The molecule has 20 heavy (non-hydrogen) atoms. The molecule has 0 fully saturated rings. The van der Waals surface area contributed by atoms with Crippen LogP contribution in [0.2, 0.25) is 0 Å². The second-order valence-electron chi connectivity index (χ2n) is 5.23. The smallest absolute Gasteiger partial charge is 0.138 e. The molecule has 0 bridgehead atoms. The predicted octanol–water partition coefficient (Wildman–Crippen LogP) is 2.13. The molecule has 3 heterocycles. The van der Waals surface area contributed by atoms with Crippen LogP contribution >= 0.6 is 0 Å². The standard InChI is InChI=1S/C15H16N4O/c1-2-4-14-11(3-1)7-13(20-14)8-16-12-5-6-15-17-10-18-19(15)9-12/h1-4,7,10,12,16H,5-6,8-9H2. The molecule has 4 rings (SSSR count). The van der Waals surface area contributed by atoms with Gasteiger partial charge in [-0.1, -0.05) is 18.2 Å². The quantitative estimate of drug-likeness (QED) is 0.790. The van der Waals surface area contributed by atoms with E-state index in [1.165, 1.54) is 0 Å². The number of aromatic nitrogens is 3. The Morgan fingerprint density at radius 1 is 1.35 bits per heavy atom. The number of hydrogen-bond donors (Lipinski definition) is 1. The molecule has 0 saturated carbocycles. The van der Waals surface area contributed by atoms with Gasteiger partial charge in [0.1, 0.15) is 23.5 Å². The van der Waals surface area contributed by atoms with Crippen LogP contribution in [0.5, 0.6) is 0 Å². The summed E-state index contributed by atoms with van der Waals surface area (Å²) >= 11 is 0. The zero-order valence-electron chi connectivity index (χ0n) is 11.1. The first-order valence-corrected chi connectivity index (χ1v) is 6.96. The number of nitrogens with one attached hydrogen (secondary N) is 1. The average Bonchev–Trinajstić information content (AvgIpc) is 3.10. The number of fused-ring (bicyclic) bond motifs is 2. The van der Waals surface area contributed by atoms with E-state index >= 15 is 0 Å². The van der Waals surface area contributed by atoms with Crippen LogP contribution in [0.15, 0.2) is 41.1 Å². The zero-order chi connectivity index (χ0) is 13.4. The lowest BCUT2D eigenvalue weighted by Crippen LogP contribution is -2.37. The van der Waals surface area contributed by atoms with Gasteiger partial charge in [0.2, 0.25) is 0 Å². The van der Waals surface area contributed by atoms with E-state index in [9.17, 15) is 0 Å². The number of aryl methyl sites for hydroxylation is 1. The first-order chi connectivity index (χ1) is 9.88. The van der Waals surface area contributed by atoms with Crippen molar-refractivity contribution < 1.29 is 4.42 Å². The molecule has 0 aliphatic carbocycles.